The first-order valence-electron chi connectivity index (χ1n) is 8.93. The number of nitrogens with one attached hydrogen (secondary N) is 1. The second kappa shape index (κ2) is 10.0. The molecular formula is C20H21BrFN3O2S. The minimum Gasteiger partial charge on any atom is -0.339 e. The van der Waals surface area contributed by atoms with E-state index in [1.54, 1.807) is 12.1 Å². The summed E-state index contributed by atoms with van der Waals surface area (Å²) in [6.45, 7) is 2.72. The Balaban J connectivity index is 1.39. The summed E-state index contributed by atoms with van der Waals surface area (Å²) in [4.78, 5) is 29.4. The molecule has 0 spiro atoms. The Hall–Kier alpha value is -1.90. The lowest BCUT2D eigenvalue weighted by atomic mass is 10.3. The summed E-state index contributed by atoms with van der Waals surface area (Å²) >= 11 is 4.92. The van der Waals surface area contributed by atoms with Crippen LogP contribution < -0.4 is 5.32 Å². The van der Waals surface area contributed by atoms with Gasteiger partial charge in [-0.15, -0.1) is 11.8 Å². The molecule has 0 unspecified atom stereocenters. The van der Waals surface area contributed by atoms with Crippen molar-refractivity contribution in [2.24, 2.45) is 0 Å². The lowest BCUT2D eigenvalue weighted by Gasteiger charge is -2.34. The van der Waals surface area contributed by atoms with E-state index in [2.05, 4.69) is 21.2 Å². The van der Waals surface area contributed by atoms with Crippen LogP contribution in [0.3, 0.4) is 0 Å². The van der Waals surface area contributed by atoms with Gasteiger partial charge in [-0.3, -0.25) is 14.5 Å². The number of halogens is 2. The highest BCUT2D eigenvalue weighted by molar-refractivity contribution is 9.10. The van der Waals surface area contributed by atoms with Crippen molar-refractivity contribution in [3.8, 4) is 0 Å². The summed E-state index contributed by atoms with van der Waals surface area (Å²) in [6, 6.07) is 13.7. The first-order valence-corrected chi connectivity index (χ1v) is 10.7. The fraction of sp³-hybridized carbons (Fsp3) is 0.300. The van der Waals surface area contributed by atoms with Gasteiger partial charge in [0.15, 0.2) is 0 Å². The molecule has 0 bridgehead atoms. The van der Waals surface area contributed by atoms with Gasteiger partial charge in [-0.05, 0) is 42.5 Å². The van der Waals surface area contributed by atoms with Gasteiger partial charge in [0.05, 0.1) is 12.3 Å². The molecule has 1 fully saturated rings. The molecule has 28 heavy (non-hydrogen) atoms. The fourth-order valence-electron chi connectivity index (χ4n) is 2.89. The van der Waals surface area contributed by atoms with Crippen molar-refractivity contribution in [1.82, 2.24) is 9.80 Å². The van der Waals surface area contributed by atoms with Crippen LogP contribution in [0.5, 0.6) is 0 Å². The molecule has 2 aromatic carbocycles. The number of hydrogen-bond acceptors (Lipinski definition) is 4. The Kier molecular flexibility index (Phi) is 7.47. The monoisotopic (exact) mass is 465 g/mol. The standard InChI is InChI=1S/C20H21BrFN3O2S/c21-15-4-6-18(7-5-15)28-14-20(27)25-10-8-24(9-11-25)13-19(26)23-17-3-1-2-16(22)12-17/h1-7,12H,8-11,13-14H2,(H,23,26). The van der Waals surface area contributed by atoms with Gasteiger partial charge in [0.2, 0.25) is 11.8 Å². The average molecular weight is 466 g/mol. The number of carbonyl (C=O) groups excluding carboxylic acids is 2. The molecule has 0 saturated carbocycles. The number of rotatable bonds is 6. The summed E-state index contributed by atoms with van der Waals surface area (Å²) in [6.07, 6.45) is 0. The maximum Gasteiger partial charge on any atom is 0.238 e. The second-order valence-corrected chi connectivity index (χ2v) is 8.42. The third-order valence-corrected chi connectivity index (χ3v) is 5.90. The topological polar surface area (TPSA) is 52.7 Å². The molecule has 1 saturated heterocycles. The zero-order valence-electron chi connectivity index (χ0n) is 15.2. The van der Waals surface area contributed by atoms with Crippen molar-refractivity contribution in [1.29, 1.82) is 0 Å². The summed E-state index contributed by atoms with van der Waals surface area (Å²) in [5, 5.41) is 2.70. The number of piperazine rings is 1. The third kappa shape index (κ3) is 6.32. The highest BCUT2D eigenvalue weighted by atomic mass is 79.9. The summed E-state index contributed by atoms with van der Waals surface area (Å²) in [5.74, 6) is -0.0549. The van der Waals surface area contributed by atoms with Crippen LogP contribution in [0.2, 0.25) is 0 Å². The fourth-order valence-corrected chi connectivity index (χ4v) is 3.96. The molecule has 148 valence electrons. The molecule has 2 aromatic rings. The maximum atomic E-state index is 13.2. The lowest BCUT2D eigenvalue weighted by molar-refractivity contribution is -0.130. The highest BCUT2D eigenvalue weighted by Gasteiger charge is 2.22. The minimum absolute atomic E-state index is 0.108. The van der Waals surface area contributed by atoms with Crippen molar-refractivity contribution in [2.75, 3.05) is 43.8 Å². The van der Waals surface area contributed by atoms with E-state index in [1.165, 1.54) is 23.9 Å². The van der Waals surface area contributed by atoms with Crippen LogP contribution in [0.4, 0.5) is 10.1 Å². The number of anilines is 1. The quantitative estimate of drug-likeness (QED) is 0.663. The van der Waals surface area contributed by atoms with Crippen LogP contribution in [0.25, 0.3) is 0 Å². The van der Waals surface area contributed by atoms with E-state index < -0.39 is 0 Å². The first kappa shape index (κ1) is 20.8. The number of thioether (sulfide) groups is 1. The smallest absolute Gasteiger partial charge is 0.238 e. The molecule has 1 aliphatic heterocycles. The van der Waals surface area contributed by atoms with Crippen LogP contribution in [-0.4, -0.2) is 60.1 Å². The van der Waals surface area contributed by atoms with Crippen molar-refractivity contribution in [3.63, 3.8) is 0 Å². The Morgan fingerprint density at radius 3 is 2.46 bits per heavy atom. The Labute approximate surface area is 176 Å². The molecule has 2 amide bonds. The van der Waals surface area contributed by atoms with Crippen LogP contribution in [0, 0.1) is 5.82 Å². The Morgan fingerprint density at radius 2 is 1.79 bits per heavy atom. The van der Waals surface area contributed by atoms with Gasteiger partial charge in [-0.25, -0.2) is 4.39 Å². The average Bonchev–Trinajstić information content (AvgIpc) is 2.68. The number of benzene rings is 2. The van der Waals surface area contributed by atoms with Gasteiger partial charge in [-0.1, -0.05) is 22.0 Å². The van der Waals surface area contributed by atoms with E-state index in [1.807, 2.05) is 34.1 Å². The number of amides is 2. The minimum atomic E-state index is -0.383. The molecule has 8 heteroatoms. The van der Waals surface area contributed by atoms with Crippen LogP contribution in [-0.2, 0) is 9.59 Å². The lowest BCUT2D eigenvalue weighted by Crippen LogP contribution is -2.50. The van der Waals surface area contributed by atoms with Crippen LogP contribution >= 0.6 is 27.7 Å². The molecule has 0 radical (unpaired) electrons. The largest absolute Gasteiger partial charge is 0.339 e. The van der Waals surface area contributed by atoms with E-state index in [-0.39, 0.29) is 24.2 Å². The Morgan fingerprint density at radius 1 is 1.07 bits per heavy atom. The molecule has 3 rings (SSSR count). The van der Waals surface area contributed by atoms with Crippen molar-refractivity contribution >= 4 is 45.2 Å². The number of hydrogen-bond donors (Lipinski definition) is 1. The zero-order chi connectivity index (χ0) is 19.9. The van der Waals surface area contributed by atoms with Gasteiger partial charge in [0.25, 0.3) is 0 Å². The molecule has 1 heterocycles. The molecule has 0 aliphatic carbocycles. The van der Waals surface area contributed by atoms with E-state index in [4.69, 9.17) is 0 Å². The number of nitrogens with zero attached hydrogens (tertiary/aromatic N) is 2. The molecule has 0 aromatic heterocycles. The summed E-state index contributed by atoms with van der Waals surface area (Å²) < 4.78 is 14.2. The summed E-state index contributed by atoms with van der Waals surface area (Å²) in [7, 11) is 0. The second-order valence-electron chi connectivity index (χ2n) is 6.46. The van der Waals surface area contributed by atoms with Gasteiger partial charge in [0.1, 0.15) is 5.82 Å². The van der Waals surface area contributed by atoms with Crippen LogP contribution in [0.15, 0.2) is 57.9 Å². The summed E-state index contributed by atoms with van der Waals surface area (Å²) in [5.41, 5.74) is 0.448. The predicted octanol–water partition coefficient (Wildman–Crippen LogP) is 3.46. The Bertz CT molecular complexity index is 826. The first-order chi connectivity index (χ1) is 13.5. The van der Waals surface area contributed by atoms with Crippen molar-refractivity contribution in [2.45, 2.75) is 4.90 Å². The van der Waals surface area contributed by atoms with Gasteiger partial charge < -0.3 is 10.2 Å². The number of carbonyl (C=O) groups is 2. The van der Waals surface area contributed by atoms with Crippen LogP contribution in [0.1, 0.15) is 0 Å². The SMILES string of the molecule is O=C(CN1CCN(C(=O)CSc2ccc(Br)cc2)CC1)Nc1cccc(F)c1. The third-order valence-electron chi connectivity index (χ3n) is 4.38. The van der Waals surface area contributed by atoms with E-state index in [0.717, 1.165) is 9.37 Å². The van der Waals surface area contributed by atoms with Gasteiger partial charge >= 0.3 is 0 Å². The maximum absolute atomic E-state index is 13.2. The van der Waals surface area contributed by atoms with E-state index >= 15 is 0 Å². The van der Waals surface area contributed by atoms with Gasteiger partial charge in [0, 0.05) is 41.2 Å². The molecule has 5 nitrogen and oxygen atoms in total. The van der Waals surface area contributed by atoms with E-state index in [9.17, 15) is 14.0 Å². The molecule has 0 atom stereocenters. The molecule has 1 aliphatic rings. The normalized spacial score (nSPS) is 14.7. The van der Waals surface area contributed by atoms with Crippen molar-refractivity contribution in [3.05, 3.63) is 58.8 Å². The molecule has 1 N–H and O–H groups in total. The predicted molar refractivity (Wildman–Crippen MR) is 113 cm³/mol. The highest BCUT2D eigenvalue weighted by Crippen LogP contribution is 2.21. The zero-order valence-corrected chi connectivity index (χ0v) is 17.6. The van der Waals surface area contributed by atoms with E-state index in [0.29, 0.717) is 37.6 Å². The van der Waals surface area contributed by atoms with Gasteiger partial charge in [-0.2, -0.15) is 0 Å². The molecular weight excluding hydrogens is 445 g/mol. The van der Waals surface area contributed by atoms with Crippen molar-refractivity contribution < 1.29 is 14.0 Å².